The summed E-state index contributed by atoms with van der Waals surface area (Å²) in [6, 6.07) is 9.04. The number of carbonyl (C=O) groups excluding carboxylic acids is 1. The number of sulfone groups is 1. The summed E-state index contributed by atoms with van der Waals surface area (Å²) < 4.78 is 62.4. The summed E-state index contributed by atoms with van der Waals surface area (Å²) in [7, 11) is -3.31. The normalized spacial score (nSPS) is 15.5. The summed E-state index contributed by atoms with van der Waals surface area (Å²) >= 11 is 1.38. The van der Waals surface area contributed by atoms with E-state index in [1.165, 1.54) is 29.5 Å². The van der Waals surface area contributed by atoms with Gasteiger partial charge >= 0.3 is 6.18 Å². The molecule has 1 fully saturated rings. The molecule has 0 N–H and O–H groups in total. The maximum Gasteiger partial charge on any atom is 0.416 e. The molecule has 31 heavy (non-hydrogen) atoms. The minimum Gasteiger partial charge on any atom is -0.345 e. The molecule has 164 valence electrons. The van der Waals surface area contributed by atoms with Gasteiger partial charge in [-0.1, -0.05) is 11.3 Å². The average molecular weight is 470 g/mol. The summed E-state index contributed by atoms with van der Waals surface area (Å²) in [6.45, 7) is 1.85. The topological polar surface area (TPSA) is 70.6 Å². The number of thiazole rings is 1. The number of carbonyl (C=O) groups is 1. The van der Waals surface area contributed by atoms with Gasteiger partial charge in [0.2, 0.25) is 0 Å². The molecule has 1 aromatic heterocycles. The van der Waals surface area contributed by atoms with Gasteiger partial charge in [-0.2, -0.15) is 13.2 Å². The van der Waals surface area contributed by atoms with E-state index in [2.05, 4.69) is 4.98 Å². The highest BCUT2D eigenvalue weighted by Gasteiger charge is 2.31. The van der Waals surface area contributed by atoms with Gasteiger partial charge in [0.05, 0.1) is 20.7 Å². The Kier molecular flexibility index (Phi) is 5.42. The van der Waals surface area contributed by atoms with Crippen molar-refractivity contribution in [2.45, 2.75) is 11.1 Å². The fraction of sp³-hybridized carbons (Fsp3) is 0.300. The van der Waals surface area contributed by atoms with Crippen molar-refractivity contribution in [3.8, 4) is 0 Å². The van der Waals surface area contributed by atoms with Gasteiger partial charge < -0.3 is 9.80 Å². The highest BCUT2D eigenvalue weighted by molar-refractivity contribution is 7.90. The molecule has 6 nitrogen and oxygen atoms in total. The third kappa shape index (κ3) is 4.52. The number of fused-ring (bicyclic) bond motifs is 1. The lowest BCUT2D eigenvalue weighted by atomic mass is 10.1. The summed E-state index contributed by atoms with van der Waals surface area (Å²) in [5.74, 6) is -0.310. The molecule has 0 aliphatic carbocycles. The van der Waals surface area contributed by atoms with Crippen LogP contribution in [0, 0.1) is 0 Å². The molecule has 2 heterocycles. The summed E-state index contributed by atoms with van der Waals surface area (Å²) in [6.07, 6.45) is -3.28. The number of anilines is 1. The largest absolute Gasteiger partial charge is 0.416 e. The Labute approximate surface area is 180 Å². The first-order valence-corrected chi connectivity index (χ1v) is 12.1. The standard InChI is InChI=1S/C20H18F3N3O3S2/c1-31(28,29)15-6-7-16-17(12-15)30-19(24-16)26-10-8-25(9-11-26)18(27)13-2-4-14(5-3-13)20(21,22)23/h2-7,12H,8-11H2,1H3. The number of nitrogens with zero attached hydrogens (tertiary/aromatic N) is 3. The first-order chi connectivity index (χ1) is 14.5. The predicted molar refractivity (Wildman–Crippen MR) is 112 cm³/mol. The fourth-order valence-corrected chi connectivity index (χ4v) is 5.12. The SMILES string of the molecule is CS(=O)(=O)c1ccc2nc(N3CCN(C(=O)c4ccc(C(F)(F)F)cc4)CC3)sc2c1. The Bertz CT molecular complexity index is 1230. The average Bonchev–Trinajstić information content (AvgIpc) is 3.15. The van der Waals surface area contributed by atoms with Crippen LogP contribution in [0.15, 0.2) is 47.4 Å². The second-order valence-corrected chi connectivity index (χ2v) is 10.3. The first kappa shape index (κ1) is 21.6. The fourth-order valence-electron chi connectivity index (χ4n) is 3.34. The van der Waals surface area contributed by atoms with Gasteiger partial charge in [-0.3, -0.25) is 4.79 Å². The van der Waals surface area contributed by atoms with Crippen LogP contribution in [0.3, 0.4) is 0 Å². The number of piperazine rings is 1. The minimum atomic E-state index is -4.44. The van der Waals surface area contributed by atoms with Crippen LogP contribution in [-0.2, 0) is 16.0 Å². The van der Waals surface area contributed by atoms with E-state index in [1.807, 2.05) is 4.90 Å². The quantitative estimate of drug-likeness (QED) is 0.585. The molecule has 4 rings (SSSR count). The van der Waals surface area contributed by atoms with Crippen LogP contribution in [0.1, 0.15) is 15.9 Å². The van der Waals surface area contributed by atoms with Crippen LogP contribution in [0.5, 0.6) is 0 Å². The van der Waals surface area contributed by atoms with Crippen molar-refractivity contribution in [3.05, 3.63) is 53.6 Å². The number of rotatable bonds is 3. The van der Waals surface area contributed by atoms with Crippen LogP contribution >= 0.6 is 11.3 Å². The Morgan fingerprint density at radius 2 is 1.68 bits per heavy atom. The zero-order chi connectivity index (χ0) is 22.4. The Morgan fingerprint density at radius 3 is 2.26 bits per heavy atom. The number of hydrogen-bond acceptors (Lipinski definition) is 6. The zero-order valence-electron chi connectivity index (χ0n) is 16.4. The van der Waals surface area contributed by atoms with E-state index in [1.54, 1.807) is 17.0 Å². The maximum absolute atomic E-state index is 12.7. The lowest BCUT2D eigenvalue weighted by molar-refractivity contribution is -0.137. The van der Waals surface area contributed by atoms with Crippen LogP contribution in [0.25, 0.3) is 10.2 Å². The molecule has 1 aliphatic heterocycles. The number of amides is 1. The van der Waals surface area contributed by atoms with E-state index in [0.717, 1.165) is 28.2 Å². The van der Waals surface area contributed by atoms with Crippen molar-refractivity contribution in [2.24, 2.45) is 0 Å². The number of benzene rings is 2. The summed E-state index contributed by atoms with van der Waals surface area (Å²) in [5, 5.41) is 0.738. The molecule has 2 aromatic carbocycles. The Balaban J connectivity index is 1.44. The smallest absolute Gasteiger partial charge is 0.345 e. The van der Waals surface area contributed by atoms with E-state index in [0.29, 0.717) is 31.7 Å². The van der Waals surface area contributed by atoms with Crippen LogP contribution in [0.2, 0.25) is 0 Å². The van der Waals surface area contributed by atoms with Crippen molar-refractivity contribution in [1.29, 1.82) is 0 Å². The molecule has 0 radical (unpaired) electrons. The third-order valence-corrected chi connectivity index (χ3v) is 7.26. The van der Waals surface area contributed by atoms with E-state index in [4.69, 9.17) is 0 Å². The van der Waals surface area contributed by atoms with Gasteiger partial charge in [0.25, 0.3) is 5.91 Å². The molecule has 3 aromatic rings. The monoisotopic (exact) mass is 469 g/mol. The van der Waals surface area contributed by atoms with Gasteiger partial charge in [-0.15, -0.1) is 0 Å². The number of hydrogen-bond donors (Lipinski definition) is 0. The van der Waals surface area contributed by atoms with E-state index in [9.17, 15) is 26.4 Å². The number of alkyl halides is 3. The second-order valence-electron chi connectivity index (χ2n) is 7.25. The van der Waals surface area contributed by atoms with Gasteiger partial charge in [0.1, 0.15) is 0 Å². The van der Waals surface area contributed by atoms with E-state index < -0.39 is 21.6 Å². The molecule has 1 aliphatic rings. The number of aromatic nitrogens is 1. The zero-order valence-corrected chi connectivity index (χ0v) is 18.0. The minimum absolute atomic E-state index is 0.217. The molecular formula is C20H18F3N3O3S2. The molecular weight excluding hydrogens is 451 g/mol. The van der Waals surface area contributed by atoms with Gasteiger partial charge in [-0.05, 0) is 42.5 Å². The molecule has 0 bridgehead atoms. The lowest BCUT2D eigenvalue weighted by Gasteiger charge is -2.34. The van der Waals surface area contributed by atoms with Crippen molar-refractivity contribution >= 4 is 42.4 Å². The summed E-state index contributed by atoms with van der Waals surface area (Å²) in [4.78, 5) is 21.1. The Hall–Kier alpha value is -2.66. The van der Waals surface area contributed by atoms with E-state index >= 15 is 0 Å². The summed E-state index contributed by atoms with van der Waals surface area (Å²) in [5.41, 5.74) is 0.133. The Morgan fingerprint density at radius 1 is 1.03 bits per heavy atom. The first-order valence-electron chi connectivity index (χ1n) is 9.34. The highest BCUT2D eigenvalue weighted by atomic mass is 32.2. The van der Waals surface area contributed by atoms with Gasteiger partial charge in [-0.25, -0.2) is 13.4 Å². The highest BCUT2D eigenvalue weighted by Crippen LogP contribution is 2.32. The molecule has 11 heteroatoms. The van der Waals surface area contributed by atoms with Crippen LogP contribution < -0.4 is 4.90 Å². The van der Waals surface area contributed by atoms with E-state index in [-0.39, 0.29) is 16.4 Å². The number of halogens is 3. The lowest BCUT2D eigenvalue weighted by Crippen LogP contribution is -2.48. The molecule has 0 atom stereocenters. The molecule has 0 unspecified atom stereocenters. The molecule has 0 saturated carbocycles. The van der Waals surface area contributed by atoms with Crippen molar-refractivity contribution < 1.29 is 26.4 Å². The predicted octanol–water partition coefficient (Wildman–Crippen LogP) is 3.68. The van der Waals surface area contributed by atoms with Crippen molar-refractivity contribution in [3.63, 3.8) is 0 Å². The van der Waals surface area contributed by atoms with Crippen LogP contribution in [-0.4, -0.2) is 56.6 Å². The van der Waals surface area contributed by atoms with Crippen LogP contribution in [0.4, 0.5) is 18.3 Å². The van der Waals surface area contributed by atoms with Crippen molar-refractivity contribution in [1.82, 2.24) is 9.88 Å². The third-order valence-electron chi connectivity index (χ3n) is 5.07. The maximum atomic E-state index is 12.7. The second kappa shape index (κ2) is 7.79. The molecule has 1 amide bonds. The molecule has 1 saturated heterocycles. The van der Waals surface area contributed by atoms with Gasteiger partial charge in [0, 0.05) is 38.0 Å². The molecule has 0 spiro atoms. The van der Waals surface area contributed by atoms with Gasteiger partial charge in [0.15, 0.2) is 15.0 Å². The van der Waals surface area contributed by atoms with Crippen molar-refractivity contribution in [2.75, 3.05) is 37.3 Å².